The minimum atomic E-state index is -0.919. The normalized spacial score (nSPS) is 29.7. The Bertz CT molecular complexity index is 594. The minimum absolute atomic E-state index is 0.164. The molecule has 3 rings (SSSR count). The van der Waals surface area contributed by atoms with Gasteiger partial charge in [-0.15, -0.1) is 0 Å². The molecular formula is C13H20N2O5Si2. The molecule has 9 heteroatoms. The average molecular weight is 340 g/mol. The molecular weight excluding hydrogens is 320 g/mol. The van der Waals surface area contributed by atoms with Gasteiger partial charge in [0, 0.05) is 12.3 Å². The Kier molecular flexibility index (Phi) is 4.50. The van der Waals surface area contributed by atoms with Crippen molar-refractivity contribution in [1.29, 1.82) is 0 Å². The van der Waals surface area contributed by atoms with E-state index in [1.807, 2.05) is 0 Å². The molecule has 0 aromatic carbocycles. The van der Waals surface area contributed by atoms with Crippen molar-refractivity contribution in [2.45, 2.75) is 50.7 Å². The number of rotatable bonds is 5. The minimum Gasteiger partial charge on any atom is -0.454 e. The van der Waals surface area contributed by atoms with Gasteiger partial charge in [0.1, 0.15) is 12.2 Å². The van der Waals surface area contributed by atoms with Crippen LogP contribution in [0.4, 0.5) is 0 Å². The summed E-state index contributed by atoms with van der Waals surface area (Å²) in [5.41, 5.74) is -0.316. The summed E-state index contributed by atoms with van der Waals surface area (Å²) in [5, 5.41) is 0. The number of hydrogen-bond acceptors (Lipinski definition) is 6. The molecule has 0 saturated carbocycles. The van der Waals surface area contributed by atoms with E-state index in [1.54, 1.807) is 10.8 Å². The van der Waals surface area contributed by atoms with Gasteiger partial charge in [0.2, 0.25) is 18.1 Å². The van der Waals surface area contributed by atoms with Crippen molar-refractivity contribution in [3.05, 3.63) is 22.6 Å². The van der Waals surface area contributed by atoms with Crippen molar-refractivity contribution < 1.29 is 18.3 Å². The lowest BCUT2D eigenvalue weighted by molar-refractivity contribution is -0.0350. The first-order chi connectivity index (χ1) is 10.5. The van der Waals surface area contributed by atoms with Gasteiger partial charge < -0.3 is 18.3 Å². The van der Waals surface area contributed by atoms with Crippen LogP contribution in [-0.2, 0) is 13.6 Å². The monoisotopic (exact) mass is 340 g/mol. The summed E-state index contributed by atoms with van der Waals surface area (Å²) in [6.07, 6.45) is 0.697. The smallest absolute Gasteiger partial charge is 0.302 e. The largest absolute Gasteiger partial charge is 0.454 e. The summed E-state index contributed by atoms with van der Waals surface area (Å²) in [4.78, 5) is 15.2. The second-order valence-electron chi connectivity index (χ2n) is 5.81. The first kappa shape index (κ1) is 15.9. The topological polar surface area (TPSA) is 71.8 Å². The SMILES string of the molecule is C[Si](C)OC[C@H]1O[C@@H]2[C@@H](Oc3nc(=O)ccn32)[C@@H]1O[Si](C)C. The molecule has 1 fully saturated rings. The van der Waals surface area contributed by atoms with Crippen LogP contribution in [0, 0.1) is 0 Å². The van der Waals surface area contributed by atoms with E-state index in [2.05, 4.69) is 31.2 Å². The van der Waals surface area contributed by atoms with Crippen molar-refractivity contribution in [3.63, 3.8) is 0 Å². The maximum absolute atomic E-state index is 11.4. The Balaban J connectivity index is 1.82. The molecule has 1 aromatic rings. The standard InChI is InChI=1S/C13H20N2O5Si2/c1-21(2)17-7-8-10(20-22(3)4)11-12(18-8)15-6-5-9(16)14-13(15)19-11/h5-6,8,10-12H,7H2,1-4H3/t8-,10-,11+,12-/m1/s1. The van der Waals surface area contributed by atoms with E-state index in [-0.39, 0.29) is 30.1 Å². The number of ether oxygens (including phenoxy) is 2. The highest BCUT2D eigenvalue weighted by molar-refractivity contribution is 6.48. The second kappa shape index (κ2) is 6.24. The summed E-state index contributed by atoms with van der Waals surface area (Å²) < 4.78 is 25.6. The number of fused-ring (bicyclic) bond motifs is 3. The Morgan fingerprint density at radius 2 is 2.09 bits per heavy atom. The number of nitrogens with zero attached hydrogens (tertiary/aromatic N) is 2. The fourth-order valence-corrected chi connectivity index (χ4v) is 3.98. The van der Waals surface area contributed by atoms with Crippen molar-refractivity contribution in [3.8, 4) is 6.01 Å². The van der Waals surface area contributed by atoms with E-state index in [0.717, 1.165) is 0 Å². The Labute approximate surface area is 132 Å². The van der Waals surface area contributed by atoms with Crippen LogP contribution < -0.4 is 10.3 Å². The molecule has 0 bridgehead atoms. The van der Waals surface area contributed by atoms with E-state index in [1.165, 1.54) is 6.07 Å². The molecule has 0 unspecified atom stereocenters. The van der Waals surface area contributed by atoms with Crippen LogP contribution >= 0.6 is 0 Å². The lowest BCUT2D eigenvalue weighted by Gasteiger charge is -2.24. The maximum Gasteiger partial charge on any atom is 0.302 e. The number of hydrogen-bond donors (Lipinski definition) is 0. The predicted molar refractivity (Wildman–Crippen MR) is 82.6 cm³/mol. The molecule has 120 valence electrons. The van der Waals surface area contributed by atoms with Gasteiger partial charge in [-0.2, -0.15) is 4.98 Å². The molecule has 7 nitrogen and oxygen atoms in total. The van der Waals surface area contributed by atoms with E-state index in [9.17, 15) is 4.79 Å². The summed E-state index contributed by atoms with van der Waals surface area (Å²) in [7, 11) is -1.71. The highest BCUT2D eigenvalue weighted by Gasteiger charge is 2.52. The van der Waals surface area contributed by atoms with E-state index < -0.39 is 18.1 Å². The third-order valence-electron chi connectivity index (χ3n) is 3.51. The summed E-state index contributed by atoms with van der Waals surface area (Å²) >= 11 is 0. The van der Waals surface area contributed by atoms with Gasteiger partial charge >= 0.3 is 6.01 Å². The van der Waals surface area contributed by atoms with Gasteiger partial charge in [0.25, 0.3) is 5.56 Å². The Hall–Kier alpha value is -1.01. The summed E-state index contributed by atoms with van der Waals surface area (Å²) in [5.74, 6) is 0. The van der Waals surface area contributed by atoms with Crippen LogP contribution in [0.15, 0.2) is 17.1 Å². The van der Waals surface area contributed by atoms with E-state index >= 15 is 0 Å². The molecule has 0 spiro atoms. The molecule has 0 amide bonds. The van der Waals surface area contributed by atoms with Crippen LogP contribution in [0.5, 0.6) is 6.01 Å². The molecule has 0 N–H and O–H groups in total. The van der Waals surface area contributed by atoms with E-state index in [4.69, 9.17) is 18.3 Å². The van der Waals surface area contributed by atoms with Crippen molar-refractivity contribution in [2.24, 2.45) is 0 Å². The molecule has 4 atom stereocenters. The molecule has 2 aliphatic heterocycles. The van der Waals surface area contributed by atoms with Crippen molar-refractivity contribution in [1.82, 2.24) is 9.55 Å². The van der Waals surface area contributed by atoms with Crippen molar-refractivity contribution >= 4 is 18.1 Å². The molecule has 1 saturated heterocycles. The third-order valence-corrected chi connectivity index (χ3v) is 5.00. The maximum atomic E-state index is 11.4. The van der Waals surface area contributed by atoms with Crippen molar-refractivity contribution in [2.75, 3.05) is 6.61 Å². The molecule has 2 radical (unpaired) electrons. The van der Waals surface area contributed by atoms with Gasteiger partial charge in [-0.3, -0.25) is 9.36 Å². The highest BCUT2D eigenvalue weighted by atomic mass is 28.3. The highest BCUT2D eigenvalue weighted by Crippen LogP contribution is 2.40. The third kappa shape index (κ3) is 3.04. The first-order valence-electron chi connectivity index (χ1n) is 7.27. The fraction of sp³-hybridized carbons (Fsp3) is 0.692. The molecule has 3 heterocycles. The van der Waals surface area contributed by atoms with Crippen LogP contribution in [0.1, 0.15) is 6.23 Å². The molecule has 0 aliphatic carbocycles. The van der Waals surface area contributed by atoms with Gasteiger partial charge in [-0.25, -0.2) is 0 Å². The summed E-state index contributed by atoms with van der Waals surface area (Å²) in [6, 6.07) is 1.71. The average Bonchev–Trinajstić information content (AvgIpc) is 2.92. The van der Waals surface area contributed by atoms with Gasteiger partial charge in [0.05, 0.1) is 6.61 Å². The number of aromatic nitrogens is 2. The van der Waals surface area contributed by atoms with Crippen LogP contribution in [0.3, 0.4) is 0 Å². The zero-order valence-electron chi connectivity index (χ0n) is 13.1. The zero-order chi connectivity index (χ0) is 15.9. The Morgan fingerprint density at radius 1 is 1.32 bits per heavy atom. The zero-order valence-corrected chi connectivity index (χ0v) is 15.1. The van der Waals surface area contributed by atoms with Crippen LogP contribution in [-0.4, -0.2) is 52.6 Å². The van der Waals surface area contributed by atoms with Gasteiger partial charge in [0.15, 0.2) is 12.3 Å². The summed E-state index contributed by atoms with van der Waals surface area (Å²) in [6.45, 7) is 8.83. The molecule has 2 aliphatic rings. The van der Waals surface area contributed by atoms with Gasteiger partial charge in [-0.1, -0.05) is 0 Å². The second-order valence-corrected chi connectivity index (χ2v) is 9.97. The van der Waals surface area contributed by atoms with E-state index in [0.29, 0.717) is 12.6 Å². The Morgan fingerprint density at radius 3 is 2.77 bits per heavy atom. The van der Waals surface area contributed by atoms with Crippen LogP contribution in [0.2, 0.25) is 26.2 Å². The quantitative estimate of drug-likeness (QED) is 0.739. The lowest BCUT2D eigenvalue weighted by atomic mass is 10.1. The first-order valence-corrected chi connectivity index (χ1v) is 12.1. The predicted octanol–water partition coefficient (Wildman–Crippen LogP) is 0.806. The van der Waals surface area contributed by atoms with Gasteiger partial charge in [-0.05, 0) is 26.2 Å². The fourth-order valence-electron chi connectivity index (χ4n) is 2.65. The lowest BCUT2D eigenvalue weighted by Crippen LogP contribution is -2.41. The van der Waals surface area contributed by atoms with Crippen LogP contribution in [0.25, 0.3) is 0 Å². The molecule has 22 heavy (non-hydrogen) atoms. The molecule has 1 aromatic heterocycles.